The van der Waals surface area contributed by atoms with E-state index in [1.165, 1.54) is 0 Å². The first-order valence-corrected chi connectivity index (χ1v) is 3.71. The Labute approximate surface area is 98.7 Å². The fraction of sp³-hybridized carbons (Fsp3) is 0. The van der Waals surface area contributed by atoms with Crippen LogP contribution >= 0.6 is 0 Å². The first kappa shape index (κ1) is 13.0. The van der Waals surface area contributed by atoms with Gasteiger partial charge < -0.3 is 12.4 Å². The van der Waals surface area contributed by atoms with Gasteiger partial charge in [-0.1, -0.05) is 12.1 Å². The fourth-order valence-corrected chi connectivity index (χ4v) is 0.968. The summed E-state index contributed by atoms with van der Waals surface area (Å²) in [6.45, 7) is 0. The van der Waals surface area contributed by atoms with Gasteiger partial charge in [-0.2, -0.15) is 12.1 Å². The summed E-state index contributed by atoms with van der Waals surface area (Å²) >= 11 is 0. The van der Waals surface area contributed by atoms with Gasteiger partial charge in [-0.25, -0.2) is 0 Å². The van der Waals surface area contributed by atoms with Crippen LogP contribution in [0.3, 0.4) is 0 Å². The number of hydrogen-bond acceptors (Lipinski definition) is 2. The largest absolute Gasteiger partial charge is 2.00 e. The quantitative estimate of drug-likeness (QED) is 0.726. The Morgan fingerprint density at radius 1 is 1.00 bits per heavy atom. The van der Waals surface area contributed by atoms with Gasteiger partial charge >= 0.3 is 21.1 Å². The van der Waals surface area contributed by atoms with Gasteiger partial charge in [0.15, 0.2) is 0 Å². The number of rotatable bonds is 1. The molecule has 0 spiro atoms. The number of hydrogen-bond donors (Lipinski definition) is 0. The zero-order chi connectivity index (χ0) is 8.23. The van der Waals surface area contributed by atoms with Crippen LogP contribution in [0.5, 0.6) is 0 Å². The number of pyridine rings is 2. The van der Waals surface area contributed by atoms with Crippen molar-refractivity contribution in [1.29, 1.82) is 0 Å². The Kier molecular flexibility index (Phi) is 5.98. The van der Waals surface area contributed by atoms with E-state index in [2.05, 4.69) is 16.0 Å². The van der Waals surface area contributed by atoms with Crippen molar-refractivity contribution in [3.05, 3.63) is 56.2 Å². The topological polar surface area (TPSA) is 25.8 Å². The van der Waals surface area contributed by atoms with Crippen LogP contribution in [0.4, 0.5) is 0 Å². The molecule has 0 amide bonds. The predicted octanol–water partition coefficient (Wildman–Crippen LogP) is 2.39. The smallest absolute Gasteiger partial charge is 0.358 e. The molecule has 0 N–H and O–H groups in total. The van der Waals surface area contributed by atoms with Crippen LogP contribution in [-0.4, -0.2) is 9.97 Å². The molecule has 0 atom stereocenters. The van der Waals surface area contributed by atoms with Crippen LogP contribution in [0.2, 0.25) is 0 Å². The second-order valence-corrected chi connectivity index (χ2v) is 2.35. The maximum Gasteiger partial charge on any atom is 2.00 e. The van der Waals surface area contributed by atoms with Gasteiger partial charge in [-0.3, -0.25) is 4.98 Å². The molecular weight excluding hydrogens is 355 g/mol. The summed E-state index contributed by atoms with van der Waals surface area (Å²) in [7, 11) is 0. The number of nitrogens with zero attached hydrogens (tertiary/aromatic N) is 2. The molecule has 2 aromatic rings. The monoisotopic (exact) mass is 365 g/mol. The van der Waals surface area contributed by atoms with Crippen molar-refractivity contribution >= 4 is 0 Å². The third kappa shape index (κ3) is 3.04. The van der Waals surface area contributed by atoms with E-state index in [9.17, 15) is 0 Å². The molecule has 0 bridgehead atoms. The van der Waals surface area contributed by atoms with E-state index in [1.54, 1.807) is 12.4 Å². The van der Waals surface area contributed by atoms with E-state index >= 15 is 0 Å². The minimum atomic E-state index is 0. The van der Waals surface area contributed by atoms with E-state index in [0.717, 1.165) is 11.4 Å². The first-order chi connectivity index (χ1) is 5.97. The molecule has 2 heterocycles. The Hall–Kier alpha value is -1.01. The molecule has 0 radical (unpaired) electrons. The van der Waals surface area contributed by atoms with Crippen LogP contribution in [0, 0.1) is 13.5 Å². The molecule has 2 aromatic heterocycles. The molecule has 3 heteroatoms. The van der Waals surface area contributed by atoms with E-state index in [-0.39, 0.29) is 28.5 Å². The molecular formula is C11H10N2Pt. The molecule has 14 heavy (non-hydrogen) atoms. The van der Waals surface area contributed by atoms with Crippen molar-refractivity contribution in [2.45, 2.75) is 0 Å². The normalized spacial score (nSPS) is 8.29. The standard InChI is InChI=1S/C10H7N2.CH3.Pt/c1-3-7-11-9(5-1)10-6-2-4-8-12-10;;/h1-5,7-8H;1H3;/q2*-1;+2. The molecule has 2 nitrogen and oxygen atoms in total. The van der Waals surface area contributed by atoms with Crippen molar-refractivity contribution in [3.63, 3.8) is 0 Å². The second kappa shape index (κ2) is 6.44. The van der Waals surface area contributed by atoms with Crippen LogP contribution in [0.15, 0.2) is 42.7 Å². The summed E-state index contributed by atoms with van der Waals surface area (Å²) in [6.07, 6.45) is 3.48. The van der Waals surface area contributed by atoms with E-state index < -0.39 is 0 Å². The molecule has 0 saturated heterocycles. The minimum absolute atomic E-state index is 0. The third-order valence-electron chi connectivity index (χ3n) is 1.51. The van der Waals surface area contributed by atoms with Crippen LogP contribution in [0.1, 0.15) is 0 Å². The van der Waals surface area contributed by atoms with Crippen molar-refractivity contribution in [1.82, 2.24) is 9.97 Å². The molecule has 0 aliphatic carbocycles. The molecule has 0 saturated carbocycles. The minimum Gasteiger partial charge on any atom is -0.358 e. The van der Waals surface area contributed by atoms with Gasteiger partial charge in [-0.05, 0) is 23.7 Å². The zero-order valence-electron chi connectivity index (χ0n) is 7.75. The van der Waals surface area contributed by atoms with Crippen LogP contribution < -0.4 is 0 Å². The van der Waals surface area contributed by atoms with Crippen molar-refractivity contribution in [2.24, 2.45) is 0 Å². The Bertz CT molecular complexity index is 311. The average molecular weight is 365 g/mol. The third-order valence-corrected chi connectivity index (χ3v) is 1.51. The predicted molar refractivity (Wildman–Crippen MR) is 52.7 cm³/mol. The SMILES string of the molecule is [CH3-].[Pt+2].[c-]1cccnc1-c1ccccn1. The van der Waals surface area contributed by atoms with Crippen molar-refractivity contribution < 1.29 is 21.1 Å². The summed E-state index contributed by atoms with van der Waals surface area (Å²) in [4.78, 5) is 8.29. The zero-order valence-corrected chi connectivity index (χ0v) is 10.0. The van der Waals surface area contributed by atoms with E-state index in [4.69, 9.17) is 0 Å². The molecule has 0 aliphatic heterocycles. The maximum atomic E-state index is 4.16. The second-order valence-electron chi connectivity index (χ2n) is 2.35. The van der Waals surface area contributed by atoms with Gasteiger partial charge in [0.2, 0.25) is 0 Å². The first-order valence-electron chi connectivity index (χ1n) is 3.71. The van der Waals surface area contributed by atoms with Gasteiger partial charge in [0.05, 0.1) is 0 Å². The van der Waals surface area contributed by atoms with Crippen molar-refractivity contribution in [3.8, 4) is 11.4 Å². The maximum absolute atomic E-state index is 4.16. The summed E-state index contributed by atoms with van der Waals surface area (Å²) in [5, 5.41) is 0. The summed E-state index contributed by atoms with van der Waals surface area (Å²) in [5.41, 5.74) is 1.65. The molecule has 2 rings (SSSR count). The van der Waals surface area contributed by atoms with Crippen molar-refractivity contribution in [2.75, 3.05) is 0 Å². The Balaban J connectivity index is 0.000000845. The van der Waals surface area contributed by atoms with E-state index in [0.29, 0.717) is 0 Å². The molecule has 0 aliphatic rings. The number of aromatic nitrogens is 2. The summed E-state index contributed by atoms with van der Waals surface area (Å²) in [6, 6.07) is 12.4. The van der Waals surface area contributed by atoms with Crippen LogP contribution in [0.25, 0.3) is 11.4 Å². The van der Waals surface area contributed by atoms with Gasteiger partial charge in [0.1, 0.15) is 0 Å². The summed E-state index contributed by atoms with van der Waals surface area (Å²) < 4.78 is 0. The molecule has 74 valence electrons. The van der Waals surface area contributed by atoms with Gasteiger partial charge in [0.25, 0.3) is 0 Å². The average Bonchev–Trinajstić information content (AvgIpc) is 2.21. The Morgan fingerprint density at radius 3 is 2.36 bits per heavy atom. The van der Waals surface area contributed by atoms with E-state index in [1.807, 2.05) is 30.3 Å². The molecule has 0 aromatic carbocycles. The molecule has 0 fully saturated rings. The molecule has 0 unspecified atom stereocenters. The van der Waals surface area contributed by atoms with Crippen LogP contribution in [-0.2, 0) is 21.1 Å². The van der Waals surface area contributed by atoms with Gasteiger partial charge in [0, 0.05) is 6.20 Å². The summed E-state index contributed by atoms with van der Waals surface area (Å²) in [5.74, 6) is 0. The Morgan fingerprint density at radius 2 is 1.79 bits per heavy atom. The van der Waals surface area contributed by atoms with Gasteiger partial charge in [-0.15, -0.1) is 6.07 Å². The fourth-order valence-electron chi connectivity index (χ4n) is 0.968.